The molecule has 0 spiro atoms. The number of carbonyl (C=O) groups is 1. The highest BCUT2D eigenvalue weighted by atomic mass is 16.5. The van der Waals surface area contributed by atoms with Crippen molar-refractivity contribution in [1.29, 1.82) is 0 Å². The third-order valence-electron chi connectivity index (χ3n) is 5.54. The van der Waals surface area contributed by atoms with Gasteiger partial charge in [-0.3, -0.25) is 4.79 Å². The van der Waals surface area contributed by atoms with Gasteiger partial charge in [-0.05, 0) is 55.7 Å². The van der Waals surface area contributed by atoms with Crippen molar-refractivity contribution in [1.82, 2.24) is 5.32 Å². The number of amides is 1. The molecule has 32 heavy (non-hydrogen) atoms. The number of hydrogen-bond donors (Lipinski definition) is 1. The summed E-state index contributed by atoms with van der Waals surface area (Å²) < 4.78 is 17.4. The number of para-hydroxylation sites is 2. The van der Waals surface area contributed by atoms with Crippen molar-refractivity contribution in [2.24, 2.45) is 0 Å². The van der Waals surface area contributed by atoms with E-state index in [1.54, 1.807) is 7.11 Å². The predicted octanol–water partition coefficient (Wildman–Crippen LogP) is 4.96. The molecule has 5 nitrogen and oxygen atoms in total. The van der Waals surface area contributed by atoms with Gasteiger partial charge in [-0.25, -0.2) is 0 Å². The van der Waals surface area contributed by atoms with Gasteiger partial charge in [-0.15, -0.1) is 0 Å². The zero-order chi connectivity index (χ0) is 22.6. The van der Waals surface area contributed by atoms with Crippen LogP contribution in [0.3, 0.4) is 0 Å². The molecule has 0 aromatic heterocycles. The summed E-state index contributed by atoms with van der Waals surface area (Å²) in [6, 6.07) is 21.3. The van der Waals surface area contributed by atoms with Gasteiger partial charge >= 0.3 is 0 Å². The molecule has 0 saturated carbocycles. The van der Waals surface area contributed by atoms with Crippen LogP contribution in [0.25, 0.3) is 0 Å². The quantitative estimate of drug-likeness (QED) is 0.548. The smallest absolute Gasteiger partial charge is 0.251 e. The molecule has 0 aliphatic carbocycles. The largest absolute Gasteiger partial charge is 0.496 e. The molecule has 1 amide bonds. The van der Waals surface area contributed by atoms with Crippen molar-refractivity contribution in [3.63, 3.8) is 0 Å². The minimum Gasteiger partial charge on any atom is -0.496 e. The number of fused-ring (bicyclic) bond motifs is 1. The number of ether oxygens (including phenoxy) is 3. The average Bonchev–Trinajstić information content (AvgIpc) is 3.12. The molecule has 1 heterocycles. The van der Waals surface area contributed by atoms with E-state index in [1.807, 2.05) is 60.7 Å². The van der Waals surface area contributed by atoms with Crippen molar-refractivity contribution in [3.05, 3.63) is 89.0 Å². The van der Waals surface area contributed by atoms with Crippen LogP contribution in [0.1, 0.15) is 40.9 Å². The SMILES string of the molecule is COc1ccccc1CCNC(=O)c1ccc(COc2cccc3c2OC(C)(C)C3)cc1. The van der Waals surface area contributed by atoms with Gasteiger partial charge in [0.2, 0.25) is 0 Å². The molecule has 3 aromatic carbocycles. The fourth-order valence-electron chi connectivity index (χ4n) is 3.94. The Kier molecular flexibility index (Phi) is 6.35. The number of nitrogens with one attached hydrogen (secondary N) is 1. The molecule has 0 saturated heterocycles. The van der Waals surface area contributed by atoms with Crippen molar-refractivity contribution in [3.8, 4) is 17.2 Å². The number of methoxy groups -OCH3 is 1. The van der Waals surface area contributed by atoms with Crippen LogP contribution in [0.15, 0.2) is 66.7 Å². The van der Waals surface area contributed by atoms with Gasteiger partial charge in [0, 0.05) is 24.1 Å². The predicted molar refractivity (Wildman–Crippen MR) is 125 cm³/mol. The molecule has 1 aliphatic rings. The Balaban J connectivity index is 1.30. The molecule has 0 unspecified atom stereocenters. The topological polar surface area (TPSA) is 56.8 Å². The third-order valence-corrected chi connectivity index (χ3v) is 5.54. The molecule has 166 valence electrons. The fraction of sp³-hybridized carbons (Fsp3) is 0.296. The van der Waals surface area contributed by atoms with E-state index < -0.39 is 0 Å². The standard InChI is InChI=1S/C27H29NO4/c1-27(2)17-22-8-6-10-24(25(22)32-27)31-18-19-11-13-21(14-12-19)26(29)28-16-15-20-7-4-5-9-23(20)30-3/h4-14H,15-18H2,1-3H3,(H,28,29). The summed E-state index contributed by atoms with van der Waals surface area (Å²) in [7, 11) is 1.65. The molecule has 3 aromatic rings. The molecule has 1 N–H and O–H groups in total. The summed E-state index contributed by atoms with van der Waals surface area (Å²) in [6.45, 7) is 5.11. The number of benzene rings is 3. The summed E-state index contributed by atoms with van der Waals surface area (Å²) in [5.41, 5.74) is 3.66. The zero-order valence-electron chi connectivity index (χ0n) is 18.8. The van der Waals surface area contributed by atoms with E-state index in [4.69, 9.17) is 14.2 Å². The fourth-order valence-corrected chi connectivity index (χ4v) is 3.94. The minimum atomic E-state index is -0.206. The van der Waals surface area contributed by atoms with Gasteiger partial charge in [-0.2, -0.15) is 0 Å². The van der Waals surface area contributed by atoms with Crippen LogP contribution in [0.2, 0.25) is 0 Å². The lowest BCUT2D eigenvalue weighted by Crippen LogP contribution is -2.25. The van der Waals surface area contributed by atoms with Gasteiger partial charge in [0.05, 0.1) is 7.11 Å². The second-order valence-electron chi connectivity index (χ2n) is 8.59. The Morgan fingerprint density at radius 2 is 1.75 bits per heavy atom. The van der Waals surface area contributed by atoms with E-state index in [0.717, 1.165) is 34.8 Å². The Hall–Kier alpha value is -3.47. The summed E-state index contributed by atoms with van der Waals surface area (Å²) in [5, 5.41) is 2.97. The van der Waals surface area contributed by atoms with Crippen molar-refractivity contribution in [2.75, 3.05) is 13.7 Å². The first kappa shape index (κ1) is 21.8. The molecule has 4 rings (SSSR count). The van der Waals surface area contributed by atoms with Crippen LogP contribution in [0.4, 0.5) is 0 Å². The molecular weight excluding hydrogens is 402 g/mol. The van der Waals surface area contributed by atoms with Crippen molar-refractivity contribution in [2.45, 2.75) is 38.9 Å². The van der Waals surface area contributed by atoms with Gasteiger partial charge in [-0.1, -0.05) is 42.5 Å². The second-order valence-corrected chi connectivity index (χ2v) is 8.59. The lowest BCUT2D eigenvalue weighted by Gasteiger charge is -2.18. The van der Waals surface area contributed by atoms with Crippen LogP contribution in [-0.4, -0.2) is 25.2 Å². The first-order chi connectivity index (χ1) is 15.4. The molecule has 1 aliphatic heterocycles. The molecule has 0 atom stereocenters. The Labute approximate surface area is 189 Å². The lowest BCUT2D eigenvalue weighted by atomic mass is 10.0. The van der Waals surface area contributed by atoms with E-state index in [0.29, 0.717) is 25.1 Å². The van der Waals surface area contributed by atoms with E-state index in [1.165, 1.54) is 5.56 Å². The highest BCUT2D eigenvalue weighted by Crippen LogP contribution is 2.41. The molecule has 0 fully saturated rings. The first-order valence-corrected chi connectivity index (χ1v) is 10.9. The Morgan fingerprint density at radius 3 is 2.53 bits per heavy atom. The zero-order valence-corrected chi connectivity index (χ0v) is 18.8. The molecule has 0 bridgehead atoms. The number of hydrogen-bond acceptors (Lipinski definition) is 4. The summed E-state index contributed by atoms with van der Waals surface area (Å²) in [4.78, 5) is 12.5. The van der Waals surface area contributed by atoms with E-state index in [9.17, 15) is 4.79 Å². The van der Waals surface area contributed by atoms with Gasteiger partial charge in [0.15, 0.2) is 11.5 Å². The van der Waals surface area contributed by atoms with E-state index >= 15 is 0 Å². The summed E-state index contributed by atoms with van der Waals surface area (Å²) in [6.07, 6.45) is 1.59. The number of rotatable bonds is 8. The monoisotopic (exact) mass is 431 g/mol. The highest BCUT2D eigenvalue weighted by molar-refractivity contribution is 5.94. The Bertz CT molecular complexity index is 1090. The summed E-state index contributed by atoms with van der Waals surface area (Å²) >= 11 is 0. The van der Waals surface area contributed by atoms with Crippen LogP contribution in [-0.2, 0) is 19.4 Å². The van der Waals surface area contributed by atoms with Crippen molar-refractivity contribution < 1.29 is 19.0 Å². The van der Waals surface area contributed by atoms with Crippen LogP contribution < -0.4 is 19.5 Å². The van der Waals surface area contributed by atoms with E-state index in [-0.39, 0.29) is 11.5 Å². The average molecular weight is 432 g/mol. The van der Waals surface area contributed by atoms with E-state index in [2.05, 4.69) is 25.2 Å². The maximum Gasteiger partial charge on any atom is 0.251 e. The summed E-state index contributed by atoms with van der Waals surface area (Å²) in [5.74, 6) is 2.34. The minimum absolute atomic E-state index is 0.0936. The second kappa shape index (κ2) is 9.35. The van der Waals surface area contributed by atoms with Crippen LogP contribution >= 0.6 is 0 Å². The van der Waals surface area contributed by atoms with Crippen LogP contribution in [0.5, 0.6) is 17.2 Å². The van der Waals surface area contributed by atoms with Gasteiger partial charge in [0.1, 0.15) is 18.0 Å². The molecule has 0 radical (unpaired) electrons. The molecular formula is C27H29NO4. The maximum absolute atomic E-state index is 12.5. The molecule has 5 heteroatoms. The lowest BCUT2D eigenvalue weighted by molar-refractivity contribution is 0.0954. The highest BCUT2D eigenvalue weighted by Gasteiger charge is 2.32. The normalized spacial score (nSPS) is 13.7. The third kappa shape index (κ3) is 5.05. The first-order valence-electron chi connectivity index (χ1n) is 10.9. The van der Waals surface area contributed by atoms with Gasteiger partial charge in [0.25, 0.3) is 5.91 Å². The Morgan fingerprint density at radius 1 is 1.00 bits per heavy atom. The van der Waals surface area contributed by atoms with Crippen molar-refractivity contribution >= 4 is 5.91 Å². The van der Waals surface area contributed by atoms with Gasteiger partial charge < -0.3 is 19.5 Å². The maximum atomic E-state index is 12.5. The number of carbonyl (C=O) groups excluding carboxylic acids is 1. The van der Waals surface area contributed by atoms with Crippen LogP contribution in [0, 0.1) is 0 Å².